The summed E-state index contributed by atoms with van der Waals surface area (Å²) >= 11 is 0. The van der Waals surface area contributed by atoms with Gasteiger partial charge in [0, 0.05) is 29.9 Å². The number of methoxy groups -OCH3 is 1. The van der Waals surface area contributed by atoms with Gasteiger partial charge in [-0.3, -0.25) is 9.10 Å². The van der Waals surface area contributed by atoms with Crippen molar-refractivity contribution in [2.45, 2.75) is 25.9 Å². The summed E-state index contributed by atoms with van der Waals surface area (Å²) in [5.41, 5.74) is 2.77. The molecule has 0 saturated heterocycles. The van der Waals surface area contributed by atoms with E-state index in [1.54, 1.807) is 30.5 Å². The lowest BCUT2D eigenvalue weighted by Gasteiger charge is -2.21. The van der Waals surface area contributed by atoms with Crippen LogP contribution < -0.4 is 14.4 Å². The summed E-state index contributed by atoms with van der Waals surface area (Å²) in [6.45, 7) is 2.15. The molecular formula is C18H21N3O4S. The fourth-order valence-corrected chi connectivity index (χ4v) is 4.53. The van der Waals surface area contributed by atoms with Gasteiger partial charge in [-0.15, -0.1) is 0 Å². The Kier molecular flexibility index (Phi) is 4.86. The van der Waals surface area contributed by atoms with Crippen LogP contribution in [0.3, 0.4) is 0 Å². The first-order valence-corrected chi connectivity index (χ1v) is 10.0. The number of ether oxygens (including phenoxy) is 1. The van der Waals surface area contributed by atoms with Crippen LogP contribution in [0.1, 0.15) is 28.4 Å². The maximum absolute atomic E-state index is 12.5. The normalized spacial score (nSPS) is 16.3. The summed E-state index contributed by atoms with van der Waals surface area (Å²) in [6, 6.07) is 8.55. The average molecular weight is 375 g/mol. The smallest absolute Gasteiger partial charge is 0.251 e. The van der Waals surface area contributed by atoms with Crippen LogP contribution in [0.5, 0.6) is 5.88 Å². The van der Waals surface area contributed by atoms with E-state index in [4.69, 9.17) is 4.74 Å². The predicted octanol–water partition coefficient (Wildman–Crippen LogP) is 1.73. The van der Waals surface area contributed by atoms with Crippen molar-refractivity contribution in [1.29, 1.82) is 0 Å². The molecule has 1 atom stereocenters. The van der Waals surface area contributed by atoms with Crippen molar-refractivity contribution in [3.8, 4) is 5.88 Å². The molecule has 3 rings (SSSR count). The van der Waals surface area contributed by atoms with Gasteiger partial charge in [-0.2, -0.15) is 0 Å². The number of benzene rings is 1. The molecule has 0 aliphatic carbocycles. The average Bonchev–Trinajstić information content (AvgIpc) is 2.94. The van der Waals surface area contributed by atoms with Gasteiger partial charge in [0.1, 0.15) is 0 Å². The van der Waals surface area contributed by atoms with E-state index in [1.807, 2.05) is 13.0 Å². The van der Waals surface area contributed by atoms with E-state index < -0.39 is 10.0 Å². The van der Waals surface area contributed by atoms with Crippen LogP contribution in [-0.4, -0.2) is 38.7 Å². The number of carbonyl (C=O) groups excluding carboxylic acids is 1. The fourth-order valence-electron chi connectivity index (χ4n) is 3.27. The third kappa shape index (κ3) is 3.50. The van der Waals surface area contributed by atoms with Crippen molar-refractivity contribution in [3.05, 3.63) is 53.2 Å². The highest BCUT2D eigenvalue weighted by Crippen LogP contribution is 2.34. The lowest BCUT2D eigenvalue weighted by atomic mass is 10.1. The predicted molar refractivity (Wildman–Crippen MR) is 98.9 cm³/mol. The first kappa shape index (κ1) is 18.2. The number of fused-ring (bicyclic) bond motifs is 1. The van der Waals surface area contributed by atoms with Crippen molar-refractivity contribution in [3.63, 3.8) is 0 Å². The lowest BCUT2D eigenvalue weighted by Crippen LogP contribution is -2.34. The van der Waals surface area contributed by atoms with Crippen LogP contribution in [0.25, 0.3) is 0 Å². The van der Waals surface area contributed by atoms with E-state index in [0.29, 0.717) is 30.1 Å². The molecule has 0 bridgehead atoms. The van der Waals surface area contributed by atoms with Crippen LogP contribution in [0.4, 0.5) is 5.69 Å². The molecule has 1 aromatic heterocycles. The van der Waals surface area contributed by atoms with Crippen molar-refractivity contribution in [2.75, 3.05) is 17.7 Å². The van der Waals surface area contributed by atoms with Crippen LogP contribution in [-0.2, 0) is 23.0 Å². The molecular weight excluding hydrogens is 354 g/mol. The van der Waals surface area contributed by atoms with Gasteiger partial charge in [0.2, 0.25) is 15.9 Å². The zero-order chi connectivity index (χ0) is 18.9. The van der Waals surface area contributed by atoms with Gasteiger partial charge in [-0.05, 0) is 43.2 Å². The van der Waals surface area contributed by atoms with Gasteiger partial charge in [0.15, 0.2) is 0 Å². The molecule has 7 nitrogen and oxygen atoms in total. The molecule has 0 radical (unpaired) electrons. The van der Waals surface area contributed by atoms with Crippen LogP contribution >= 0.6 is 0 Å². The summed E-state index contributed by atoms with van der Waals surface area (Å²) in [7, 11) is -1.81. The number of hydrogen-bond acceptors (Lipinski definition) is 5. The van der Waals surface area contributed by atoms with Crippen molar-refractivity contribution in [1.82, 2.24) is 10.3 Å². The summed E-state index contributed by atoms with van der Waals surface area (Å²) in [5, 5.41) is 2.84. The van der Waals surface area contributed by atoms with E-state index in [1.165, 1.54) is 17.7 Å². The first-order valence-electron chi connectivity index (χ1n) is 8.19. The summed E-state index contributed by atoms with van der Waals surface area (Å²) in [6.07, 6.45) is 3.40. The van der Waals surface area contributed by atoms with E-state index in [9.17, 15) is 13.2 Å². The molecule has 0 fully saturated rings. The SMILES string of the molecule is COc1ncccc1CNC(=O)c1ccc2c(c1)CC(C)N2S(C)(=O)=O. The number of nitrogens with zero attached hydrogens (tertiary/aromatic N) is 2. The molecule has 2 heterocycles. The Labute approximate surface area is 153 Å². The van der Waals surface area contributed by atoms with Gasteiger partial charge in [0.25, 0.3) is 5.91 Å². The molecule has 1 aliphatic heterocycles. The number of aromatic nitrogens is 1. The standard InChI is InChI=1S/C18H21N3O4S/c1-12-9-15-10-13(6-7-16(15)21(12)26(3,23)24)17(22)20-11-14-5-4-8-19-18(14)25-2/h4-8,10,12H,9,11H2,1-3H3,(H,20,22). The number of anilines is 1. The Balaban J connectivity index is 1.77. The highest BCUT2D eigenvalue weighted by Gasteiger charge is 2.32. The molecule has 138 valence electrons. The monoisotopic (exact) mass is 375 g/mol. The fraction of sp³-hybridized carbons (Fsp3) is 0.333. The second-order valence-corrected chi connectivity index (χ2v) is 8.17. The number of rotatable bonds is 5. The van der Waals surface area contributed by atoms with Gasteiger partial charge in [-0.25, -0.2) is 13.4 Å². The van der Waals surface area contributed by atoms with Crippen LogP contribution in [0.15, 0.2) is 36.5 Å². The number of amides is 1. The molecule has 1 amide bonds. The second-order valence-electron chi connectivity index (χ2n) is 6.31. The minimum absolute atomic E-state index is 0.155. The molecule has 2 aromatic rings. The van der Waals surface area contributed by atoms with Crippen LogP contribution in [0, 0.1) is 0 Å². The van der Waals surface area contributed by atoms with E-state index in [-0.39, 0.29) is 11.9 Å². The lowest BCUT2D eigenvalue weighted by molar-refractivity contribution is 0.0950. The number of pyridine rings is 1. The van der Waals surface area contributed by atoms with Gasteiger partial charge >= 0.3 is 0 Å². The van der Waals surface area contributed by atoms with Crippen molar-refractivity contribution in [2.24, 2.45) is 0 Å². The molecule has 1 aliphatic rings. The molecule has 1 N–H and O–H groups in total. The van der Waals surface area contributed by atoms with Gasteiger partial charge < -0.3 is 10.1 Å². The third-order valence-electron chi connectivity index (χ3n) is 4.33. The number of carbonyl (C=O) groups is 1. The Hall–Kier alpha value is -2.61. The molecule has 8 heteroatoms. The zero-order valence-electron chi connectivity index (χ0n) is 14.9. The maximum Gasteiger partial charge on any atom is 0.251 e. The molecule has 1 unspecified atom stereocenters. The number of hydrogen-bond donors (Lipinski definition) is 1. The van der Waals surface area contributed by atoms with Gasteiger partial charge in [0.05, 0.1) is 19.1 Å². The number of nitrogens with one attached hydrogen (secondary N) is 1. The zero-order valence-corrected chi connectivity index (χ0v) is 15.7. The van der Waals surface area contributed by atoms with Crippen molar-refractivity contribution < 1.29 is 17.9 Å². The van der Waals surface area contributed by atoms with Crippen molar-refractivity contribution >= 4 is 21.6 Å². The minimum atomic E-state index is -3.34. The molecule has 0 spiro atoms. The van der Waals surface area contributed by atoms with Gasteiger partial charge in [-0.1, -0.05) is 6.07 Å². The highest BCUT2D eigenvalue weighted by molar-refractivity contribution is 7.92. The summed E-state index contributed by atoms with van der Waals surface area (Å²) in [4.78, 5) is 16.6. The Morgan fingerprint density at radius 3 is 2.85 bits per heavy atom. The Morgan fingerprint density at radius 1 is 1.38 bits per heavy atom. The first-order chi connectivity index (χ1) is 12.3. The molecule has 0 saturated carbocycles. The quantitative estimate of drug-likeness (QED) is 0.860. The van der Waals surface area contributed by atoms with E-state index in [0.717, 1.165) is 11.1 Å². The summed E-state index contributed by atoms with van der Waals surface area (Å²) < 4.78 is 30.5. The summed E-state index contributed by atoms with van der Waals surface area (Å²) in [5.74, 6) is 0.239. The molecule has 1 aromatic carbocycles. The Morgan fingerprint density at radius 2 is 2.15 bits per heavy atom. The highest BCUT2D eigenvalue weighted by atomic mass is 32.2. The maximum atomic E-state index is 12.5. The van der Waals surface area contributed by atoms with Crippen LogP contribution in [0.2, 0.25) is 0 Å². The minimum Gasteiger partial charge on any atom is -0.481 e. The molecule has 26 heavy (non-hydrogen) atoms. The largest absolute Gasteiger partial charge is 0.481 e. The second kappa shape index (κ2) is 6.95. The third-order valence-corrected chi connectivity index (χ3v) is 5.61. The Bertz CT molecular complexity index is 943. The topological polar surface area (TPSA) is 88.6 Å². The van der Waals surface area contributed by atoms with E-state index >= 15 is 0 Å². The van der Waals surface area contributed by atoms with E-state index in [2.05, 4.69) is 10.3 Å². The number of sulfonamides is 1.